The molecule has 0 radical (unpaired) electrons. The first-order valence-corrected chi connectivity index (χ1v) is 7.24. The molecule has 112 valence electrons. The molecule has 5 heteroatoms. The number of methoxy groups -OCH3 is 1. The molecular formula is C17H14ClNO3. The van der Waals surface area contributed by atoms with Crippen molar-refractivity contribution in [2.45, 2.75) is 12.3 Å². The molecule has 0 aliphatic carbocycles. The van der Waals surface area contributed by atoms with E-state index in [1.165, 1.54) is 4.90 Å². The second kappa shape index (κ2) is 5.81. The number of halogens is 1. The van der Waals surface area contributed by atoms with Gasteiger partial charge in [0.2, 0.25) is 11.8 Å². The first-order valence-electron chi connectivity index (χ1n) is 6.86. The van der Waals surface area contributed by atoms with Crippen molar-refractivity contribution in [1.82, 2.24) is 0 Å². The zero-order chi connectivity index (χ0) is 15.7. The normalized spacial score (nSPS) is 17.9. The van der Waals surface area contributed by atoms with Gasteiger partial charge in [-0.2, -0.15) is 0 Å². The van der Waals surface area contributed by atoms with E-state index in [0.29, 0.717) is 16.5 Å². The molecule has 0 N–H and O–H groups in total. The van der Waals surface area contributed by atoms with Gasteiger partial charge < -0.3 is 4.74 Å². The predicted octanol–water partition coefficient (Wildman–Crippen LogP) is 3.40. The van der Waals surface area contributed by atoms with E-state index in [-0.39, 0.29) is 18.2 Å². The van der Waals surface area contributed by atoms with Gasteiger partial charge in [-0.3, -0.25) is 14.5 Å². The van der Waals surface area contributed by atoms with E-state index in [1.807, 2.05) is 0 Å². The van der Waals surface area contributed by atoms with E-state index in [0.717, 1.165) is 5.56 Å². The number of benzene rings is 2. The van der Waals surface area contributed by atoms with Crippen LogP contribution in [0, 0.1) is 0 Å². The standard InChI is InChI=1S/C17H14ClNO3/c1-22-14-8-6-13(7-9-14)19-16(20)10-15(17(19)21)11-2-4-12(18)5-3-11/h2-9,15H,10H2,1H3. The van der Waals surface area contributed by atoms with Crippen molar-refractivity contribution in [2.24, 2.45) is 0 Å². The molecule has 1 saturated heterocycles. The number of nitrogens with zero attached hydrogens (tertiary/aromatic N) is 1. The van der Waals surface area contributed by atoms with Gasteiger partial charge in [0.15, 0.2) is 0 Å². The lowest BCUT2D eigenvalue weighted by Crippen LogP contribution is -2.29. The Morgan fingerprint density at radius 3 is 2.27 bits per heavy atom. The Hall–Kier alpha value is -2.33. The molecule has 0 spiro atoms. The van der Waals surface area contributed by atoms with Gasteiger partial charge in [0, 0.05) is 11.4 Å². The maximum atomic E-state index is 12.6. The minimum atomic E-state index is -0.452. The third kappa shape index (κ3) is 2.57. The Morgan fingerprint density at radius 2 is 1.68 bits per heavy atom. The van der Waals surface area contributed by atoms with Crippen molar-refractivity contribution in [3.63, 3.8) is 0 Å². The molecule has 1 heterocycles. The van der Waals surface area contributed by atoms with Gasteiger partial charge in [-0.1, -0.05) is 23.7 Å². The SMILES string of the molecule is COc1ccc(N2C(=O)CC(c3ccc(Cl)cc3)C2=O)cc1. The summed E-state index contributed by atoms with van der Waals surface area (Å²) in [4.78, 5) is 26.1. The topological polar surface area (TPSA) is 46.6 Å². The van der Waals surface area contributed by atoms with Crippen LogP contribution in [-0.2, 0) is 9.59 Å². The van der Waals surface area contributed by atoms with E-state index in [4.69, 9.17) is 16.3 Å². The van der Waals surface area contributed by atoms with Crippen LogP contribution >= 0.6 is 11.6 Å². The van der Waals surface area contributed by atoms with Crippen molar-refractivity contribution in [1.29, 1.82) is 0 Å². The number of hydrogen-bond acceptors (Lipinski definition) is 3. The summed E-state index contributed by atoms with van der Waals surface area (Å²) in [7, 11) is 1.57. The Kier molecular flexibility index (Phi) is 3.86. The fourth-order valence-corrected chi connectivity index (χ4v) is 2.72. The van der Waals surface area contributed by atoms with Gasteiger partial charge in [0.1, 0.15) is 5.75 Å². The van der Waals surface area contributed by atoms with Gasteiger partial charge >= 0.3 is 0 Å². The quantitative estimate of drug-likeness (QED) is 0.816. The lowest BCUT2D eigenvalue weighted by atomic mass is 9.98. The van der Waals surface area contributed by atoms with E-state index in [9.17, 15) is 9.59 Å². The maximum Gasteiger partial charge on any atom is 0.241 e. The summed E-state index contributed by atoms with van der Waals surface area (Å²) in [6, 6.07) is 13.9. The van der Waals surface area contributed by atoms with Crippen LogP contribution < -0.4 is 9.64 Å². The van der Waals surface area contributed by atoms with Crippen molar-refractivity contribution in [2.75, 3.05) is 12.0 Å². The van der Waals surface area contributed by atoms with Crippen molar-refractivity contribution >= 4 is 29.1 Å². The highest BCUT2D eigenvalue weighted by Gasteiger charge is 2.40. The molecule has 4 nitrogen and oxygen atoms in total. The third-order valence-electron chi connectivity index (χ3n) is 3.75. The van der Waals surface area contributed by atoms with Gasteiger partial charge in [-0.25, -0.2) is 0 Å². The Labute approximate surface area is 133 Å². The Balaban J connectivity index is 1.89. The molecular weight excluding hydrogens is 302 g/mol. The summed E-state index contributed by atoms with van der Waals surface area (Å²) in [5, 5.41) is 0.604. The third-order valence-corrected chi connectivity index (χ3v) is 4.00. The lowest BCUT2D eigenvalue weighted by Gasteiger charge is -2.15. The van der Waals surface area contributed by atoms with Crippen LogP contribution in [0.25, 0.3) is 0 Å². The summed E-state index contributed by atoms with van der Waals surface area (Å²) in [6.45, 7) is 0. The van der Waals surface area contributed by atoms with Crippen LogP contribution in [0.5, 0.6) is 5.75 Å². The van der Waals surface area contributed by atoms with Gasteiger partial charge in [0.05, 0.1) is 18.7 Å². The zero-order valence-corrected chi connectivity index (χ0v) is 12.7. The average Bonchev–Trinajstić information content (AvgIpc) is 2.83. The summed E-state index contributed by atoms with van der Waals surface area (Å²) in [6.07, 6.45) is 0.173. The second-order valence-corrected chi connectivity index (χ2v) is 5.51. The molecule has 22 heavy (non-hydrogen) atoms. The van der Waals surface area contributed by atoms with Crippen molar-refractivity contribution < 1.29 is 14.3 Å². The molecule has 1 atom stereocenters. The number of anilines is 1. The summed E-state index contributed by atoms with van der Waals surface area (Å²) < 4.78 is 5.09. The highest BCUT2D eigenvalue weighted by atomic mass is 35.5. The van der Waals surface area contributed by atoms with Crippen LogP contribution in [-0.4, -0.2) is 18.9 Å². The van der Waals surface area contributed by atoms with E-state index in [2.05, 4.69) is 0 Å². The smallest absolute Gasteiger partial charge is 0.241 e. The Bertz CT molecular complexity index is 710. The molecule has 1 aliphatic heterocycles. The van der Waals surface area contributed by atoms with E-state index < -0.39 is 5.92 Å². The number of carbonyl (C=O) groups is 2. The minimum absolute atomic E-state index is 0.173. The number of rotatable bonds is 3. The predicted molar refractivity (Wildman–Crippen MR) is 84.3 cm³/mol. The average molecular weight is 316 g/mol. The number of carbonyl (C=O) groups excluding carboxylic acids is 2. The molecule has 0 aromatic heterocycles. The molecule has 1 unspecified atom stereocenters. The molecule has 3 rings (SSSR count). The van der Waals surface area contributed by atoms with E-state index >= 15 is 0 Å². The summed E-state index contributed by atoms with van der Waals surface area (Å²) in [5.74, 6) is -0.184. The summed E-state index contributed by atoms with van der Waals surface area (Å²) >= 11 is 5.86. The van der Waals surface area contributed by atoms with Crippen molar-refractivity contribution in [3.8, 4) is 5.75 Å². The first-order chi connectivity index (χ1) is 10.6. The van der Waals surface area contributed by atoms with Crippen LogP contribution in [0.1, 0.15) is 17.9 Å². The molecule has 1 aliphatic rings. The van der Waals surface area contributed by atoms with Crippen LogP contribution in [0.2, 0.25) is 5.02 Å². The largest absolute Gasteiger partial charge is 0.497 e. The van der Waals surface area contributed by atoms with Gasteiger partial charge in [-0.15, -0.1) is 0 Å². The van der Waals surface area contributed by atoms with Crippen LogP contribution in [0.15, 0.2) is 48.5 Å². The van der Waals surface area contributed by atoms with Crippen LogP contribution in [0.4, 0.5) is 5.69 Å². The van der Waals surface area contributed by atoms with Crippen LogP contribution in [0.3, 0.4) is 0 Å². The van der Waals surface area contributed by atoms with Gasteiger partial charge in [0.25, 0.3) is 0 Å². The zero-order valence-electron chi connectivity index (χ0n) is 12.0. The summed E-state index contributed by atoms with van der Waals surface area (Å²) in [5.41, 5.74) is 1.37. The van der Waals surface area contributed by atoms with Gasteiger partial charge in [-0.05, 0) is 42.0 Å². The highest BCUT2D eigenvalue weighted by Crippen LogP contribution is 2.34. The molecule has 2 aromatic rings. The minimum Gasteiger partial charge on any atom is -0.497 e. The number of amides is 2. The second-order valence-electron chi connectivity index (χ2n) is 5.07. The number of ether oxygens (including phenoxy) is 1. The van der Waals surface area contributed by atoms with E-state index in [1.54, 1.807) is 55.6 Å². The number of hydrogen-bond donors (Lipinski definition) is 0. The molecule has 1 fully saturated rings. The maximum absolute atomic E-state index is 12.6. The molecule has 2 aromatic carbocycles. The monoisotopic (exact) mass is 315 g/mol. The number of imide groups is 1. The Morgan fingerprint density at radius 1 is 1.05 bits per heavy atom. The fraction of sp³-hybridized carbons (Fsp3) is 0.176. The van der Waals surface area contributed by atoms with Crippen molar-refractivity contribution in [3.05, 3.63) is 59.1 Å². The molecule has 0 bridgehead atoms. The first kappa shape index (κ1) is 14.6. The molecule has 0 saturated carbocycles. The highest BCUT2D eigenvalue weighted by molar-refractivity contribution is 6.30. The fourth-order valence-electron chi connectivity index (χ4n) is 2.59. The molecule has 2 amide bonds. The lowest BCUT2D eigenvalue weighted by molar-refractivity contribution is -0.121.